The van der Waals surface area contributed by atoms with Crippen LogP contribution in [-0.4, -0.2) is 36.9 Å². The van der Waals surface area contributed by atoms with E-state index >= 15 is 0 Å². The van der Waals surface area contributed by atoms with Crippen LogP contribution < -0.4 is 0 Å². The molecule has 0 spiro atoms. The van der Waals surface area contributed by atoms with Gasteiger partial charge in [-0.05, 0) is 12.8 Å². The molecule has 0 radical (unpaired) electrons. The van der Waals surface area contributed by atoms with Gasteiger partial charge in [-0.1, -0.05) is 5.16 Å². The first kappa shape index (κ1) is 8.05. The lowest BCUT2D eigenvalue weighted by molar-refractivity contribution is 0.204. The maximum atomic E-state index is 4.76. The molecule has 12 heavy (non-hydrogen) atoms. The fourth-order valence-electron chi connectivity index (χ4n) is 1.81. The van der Waals surface area contributed by atoms with Crippen molar-refractivity contribution < 1.29 is 4.84 Å². The Morgan fingerprint density at radius 3 is 2.50 bits per heavy atom. The second kappa shape index (κ2) is 3.44. The summed E-state index contributed by atoms with van der Waals surface area (Å²) in [6.45, 7) is 2.37. The van der Waals surface area contributed by atoms with E-state index in [4.69, 9.17) is 4.84 Å². The molecule has 2 aliphatic rings. The average Bonchev–Trinajstić information content (AvgIpc) is 2.89. The maximum absolute atomic E-state index is 4.76. The van der Waals surface area contributed by atoms with Crippen LogP contribution in [-0.2, 0) is 4.84 Å². The molecule has 0 aromatic rings. The van der Waals surface area contributed by atoms with Crippen molar-refractivity contribution in [3.05, 3.63) is 0 Å². The molecule has 0 atom stereocenters. The predicted octanol–water partition coefficient (Wildman–Crippen LogP) is 1.25. The maximum Gasteiger partial charge on any atom is 0.106 e. The van der Waals surface area contributed by atoms with Gasteiger partial charge in [0.15, 0.2) is 0 Å². The summed E-state index contributed by atoms with van der Waals surface area (Å²) in [6, 6.07) is 0.911. The standard InChI is InChI=1S/C9H16N2O/c1-12-10-8-4-6-11(7-5-8)9-2-3-9/h9H,2-7H2,1H3. The predicted molar refractivity (Wildman–Crippen MR) is 48.3 cm³/mol. The van der Waals surface area contributed by atoms with E-state index in [1.807, 2.05) is 0 Å². The third-order valence-corrected chi connectivity index (χ3v) is 2.66. The second-order valence-electron chi connectivity index (χ2n) is 3.61. The molecule has 0 bridgehead atoms. The summed E-state index contributed by atoms with van der Waals surface area (Å²) in [5.74, 6) is 0. The third-order valence-electron chi connectivity index (χ3n) is 2.66. The van der Waals surface area contributed by atoms with E-state index in [0.29, 0.717) is 0 Å². The minimum atomic E-state index is 0.911. The lowest BCUT2D eigenvalue weighted by atomic mass is 10.1. The molecule has 0 N–H and O–H groups in total. The zero-order valence-electron chi connectivity index (χ0n) is 7.62. The van der Waals surface area contributed by atoms with E-state index < -0.39 is 0 Å². The van der Waals surface area contributed by atoms with E-state index in [2.05, 4.69) is 10.1 Å². The summed E-state index contributed by atoms with van der Waals surface area (Å²) < 4.78 is 0. The Balaban J connectivity index is 1.80. The molecule has 2 fully saturated rings. The van der Waals surface area contributed by atoms with Gasteiger partial charge in [-0.25, -0.2) is 0 Å². The Hall–Kier alpha value is -0.570. The molecule has 68 valence electrons. The van der Waals surface area contributed by atoms with E-state index in [1.165, 1.54) is 31.6 Å². The number of nitrogens with zero attached hydrogens (tertiary/aromatic N) is 2. The molecule has 3 heteroatoms. The molecule has 1 saturated carbocycles. The van der Waals surface area contributed by atoms with Crippen molar-refractivity contribution in [3.63, 3.8) is 0 Å². The lowest BCUT2D eigenvalue weighted by Crippen LogP contribution is -2.35. The third kappa shape index (κ3) is 1.78. The molecule has 1 heterocycles. The Bertz CT molecular complexity index is 177. The highest BCUT2D eigenvalue weighted by Crippen LogP contribution is 2.28. The Labute approximate surface area is 73.4 Å². The quantitative estimate of drug-likeness (QED) is 0.580. The zero-order valence-corrected chi connectivity index (χ0v) is 7.62. The summed E-state index contributed by atoms with van der Waals surface area (Å²) in [4.78, 5) is 7.34. The molecular weight excluding hydrogens is 152 g/mol. The number of piperidine rings is 1. The first-order valence-electron chi connectivity index (χ1n) is 4.73. The summed E-state index contributed by atoms with van der Waals surface area (Å²) in [5.41, 5.74) is 1.23. The van der Waals surface area contributed by atoms with Crippen LogP contribution in [0.25, 0.3) is 0 Å². The van der Waals surface area contributed by atoms with Gasteiger partial charge in [-0.2, -0.15) is 0 Å². The van der Waals surface area contributed by atoms with Gasteiger partial charge in [-0.3, -0.25) is 4.90 Å². The smallest absolute Gasteiger partial charge is 0.106 e. The van der Waals surface area contributed by atoms with Crippen LogP contribution in [0, 0.1) is 0 Å². The second-order valence-corrected chi connectivity index (χ2v) is 3.61. The molecule has 1 aliphatic carbocycles. The van der Waals surface area contributed by atoms with Gasteiger partial charge < -0.3 is 4.84 Å². The van der Waals surface area contributed by atoms with Crippen molar-refractivity contribution in [3.8, 4) is 0 Å². The van der Waals surface area contributed by atoms with Crippen LogP contribution in [0.2, 0.25) is 0 Å². The fourth-order valence-corrected chi connectivity index (χ4v) is 1.81. The van der Waals surface area contributed by atoms with Crippen LogP contribution in [0.5, 0.6) is 0 Å². The average molecular weight is 168 g/mol. The van der Waals surface area contributed by atoms with Crippen molar-refractivity contribution in [2.24, 2.45) is 5.16 Å². The topological polar surface area (TPSA) is 24.8 Å². The molecule has 1 aliphatic heterocycles. The van der Waals surface area contributed by atoms with Crippen molar-refractivity contribution in [1.82, 2.24) is 4.90 Å². The molecule has 2 rings (SSSR count). The normalized spacial score (nSPS) is 25.6. The number of rotatable bonds is 2. The highest BCUT2D eigenvalue weighted by molar-refractivity contribution is 5.84. The van der Waals surface area contributed by atoms with Crippen LogP contribution >= 0.6 is 0 Å². The molecule has 0 aromatic heterocycles. The molecule has 0 amide bonds. The Morgan fingerprint density at radius 1 is 1.33 bits per heavy atom. The largest absolute Gasteiger partial charge is 0.399 e. The van der Waals surface area contributed by atoms with Crippen LogP contribution in [0.4, 0.5) is 0 Å². The van der Waals surface area contributed by atoms with Gasteiger partial charge in [0.25, 0.3) is 0 Å². The fraction of sp³-hybridized carbons (Fsp3) is 0.889. The first-order valence-corrected chi connectivity index (χ1v) is 4.73. The zero-order chi connectivity index (χ0) is 8.39. The van der Waals surface area contributed by atoms with Gasteiger partial charge in [-0.15, -0.1) is 0 Å². The summed E-state index contributed by atoms with van der Waals surface area (Å²) >= 11 is 0. The van der Waals surface area contributed by atoms with E-state index in [-0.39, 0.29) is 0 Å². The van der Waals surface area contributed by atoms with Gasteiger partial charge in [0.2, 0.25) is 0 Å². The summed E-state index contributed by atoms with van der Waals surface area (Å²) in [7, 11) is 1.63. The highest BCUT2D eigenvalue weighted by Gasteiger charge is 2.30. The van der Waals surface area contributed by atoms with Gasteiger partial charge >= 0.3 is 0 Å². The number of hydrogen-bond acceptors (Lipinski definition) is 3. The molecule has 0 unspecified atom stereocenters. The molecule has 3 nitrogen and oxygen atoms in total. The number of likely N-dealkylation sites (tertiary alicyclic amines) is 1. The Morgan fingerprint density at radius 2 is 2.00 bits per heavy atom. The van der Waals surface area contributed by atoms with Crippen LogP contribution in [0.1, 0.15) is 25.7 Å². The van der Waals surface area contributed by atoms with Gasteiger partial charge in [0.1, 0.15) is 7.11 Å². The Kier molecular flexibility index (Phi) is 2.30. The van der Waals surface area contributed by atoms with Crippen molar-refractivity contribution in [2.75, 3.05) is 20.2 Å². The van der Waals surface area contributed by atoms with Gasteiger partial charge in [0, 0.05) is 32.0 Å². The van der Waals surface area contributed by atoms with Crippen LogP contribution in [0.3, 0.4) is 0 Å². The summed E-state index contributed by atoms with van der Waals surface area (Å²) in [6.07, 6.45) is 5.03. The SMILES string of the molecule is CON=C1CCN(C2CC2)CC1. The van der Waals surface area contributed by atoms with Crippen molar-refractivity contribution in [2.45, 2.75) is 31.7 Å². The van der Waals surface area contributed by atoms with Gasteiger partial charge in [0.05, 0.1) is 5.71 Å². The molecule has 0 aromatic carbocycles. The lowest BCUT2D eigenvalue weighted by Gasteiger charge is -2.26. The molecule has 1 saturated heterocycles. The number of oxime groups is 1. The summed E-state index contributed by atoms with van der Waals surface area (Å²) in [5, 5.41) is 3.99. The van der Waals surface area contributed by atoms with E-state index in [9.17, 15) is 0 Å². The van der Waals surface area contributed by atoms with Crippen LogP contribution in [0.15, 0.2) is 5.16 Å². The van der Waals surface area contributed by atoms with E-state index in [0.717, 1.165) is 18.9 Å². The molecular formula is C9H16N2O. The van der Waals surface area contributed by atoms with E-state index in [1.54, 1.807) is 7.11 Å². The minimum Gasteiger partial charge on any atom is -0.399 e. The number of hydrogen-bond donors (Lipinski definition) is 0. The van der Waals surface area contributed by atoms with Crippen molar-refractivity contribution in [1.29, 1.82) is 0 Å². The highest BCUT2D eigenvalue weighted by atomic mass is 16.6. The first-order chi connectivity index (χ1) is 5.90. The minimum absolute atomic E-state index is 0.911. The monoisotopic (exact) mass is 168 g/mol. The van der Waals surface area contributed by atoms with Crippen molar-refractivity contribution >= 4 is 5.71 Å².